The van der Waals surface area contributed by atoms with Gasteiger partial charge in [0.1, 0.15) is 5.92 Å². The minimum absolute atomic E-state index is 0.0320. The molecule has 158 valence electrons. The zero-order valence-corrected chi connectivity index (χ0v) is 16.4. The number of ether oxygens (including phenoxy) is 1. The van der Waals surface area contributed by atoms with Gasteiger partial charge in [0.05, 0.1) is 12.3 Å². The topological polar surface area (TPSA) is 71.0 Å². The summed E-state index contributed by atoms with van der Waals surface area (Å²) in [6, 6.07) is 9.72. The Morgan fingerprint density at radius 1 is 1.13 bits per heavy atom. The molecule has 2 aromatic rings. The van der Waals surface area contributed by atoms with Crippen molar-refractivity contribution in [1.82, 2.24) is 0 Å². The Kier molecular flexibility index (Phi) is 6.31. The van der Waals surface area contributed by atoms with Gasteiger partial charge in [-0.05, 0) is 55.5 Å². The largest absolute Gasteiger partial charge is 0.465 e. The van der Waals surface area contributed by atoms with Crippen LogP contribution in [0.2, 0.25) is 5.02 Å². The predicted octanol–water partition coefficient (Wildman–Crippen LogP) is 4.51. The fourth-order valence-electron chi connectivity index (χ4n) is 2.95. The third kappa shape index (κ3) is 4.73. The number of benzene rings is 2. The molecule has 2 aromatic carbocycles. The number of rotatable bonds is 5. The molecule has 0 aliphatic carbocycles. The number of hydrazone groups is 1. The van der Waals surface area contributed by atoms with Gasteiger partial charge in [0.2, 0.25) is 0 Å². The molecule has 2 unspecified atom stereocenters. The van der Waals surface area contributed by atoms with E-state index in [0.29, 0.717) is 16.3 Å². The molecule has 1 aliphatic rings. The average Bonchev–Trinajstić information content (AvgIpc) is 3.15. The molecule has 30 heavy (non-hydrogen) atoms. The quantitative estimate of drug-likeness (QED) is 0.696. The third-order valence-electron chi connectivity index (χ3n) is 4.35. The van der Waals surface area contributed by atoms with Crippen molar-refractivity contribution in [2.24, 2.45) is 11.0 Å². The van der Waals surface area contributed by atoms with Gasteiger partial charge in [-0.2, -0.15) is 18.3 Å². The van der Waals surface area contributed by atoms with Gasteiger partial charge in [-0.3, -0.25) is 14.6 Å². The molecule has 3 rings (SSSR count). The van der Waals surface area contributed by atoms with Crippen molar-refractivity contribution < 1.29 is 27.5 Å². The predicted molar refractivity (Wildman–Crippen MR) is 107 cm³/mol. The summed E-state index contributed by atoms with van der Waals surface area (Å²) in [6.45, 7) is 1.48. The van der Waals surface area contributed by atoms with Crippen LogP contribution in [0.1, 0.15) is 17.3 Å². The number of hydrogen-bond donors (Lipinski definition) is 1. The first-order valence-electron chi connectivity index (χ1n) is 8.94. The molecule has 2 atom stereocenters. The summed E-state index contributed by atoms with van der Waals surface area (Å²) in [5, 5.41) is 7.63. The van der Waals surface area contributed by atoms with Crippen LogP contribution in [0.4, 0.5) is 24.5 Å². The molecule has 0 radical (unpaired) electrons. The van der Waals surface area contributed by atoms with E-state index in [4.69, 9.17) is 16.3 Å². The number of carbonyl (C=O) groups is 2. The Balaban J connectivity index is 1.76. The zero-order chi connectivity index (χ0) is 21.9. The van der Waals surface area contributed by atoms with E-state index in [9.17, 15) is 22.8 Å². The van der Waals surface area contributed by atoms with Crippen LogP contribution in [0, 0.1) is 5.92 Å². The van der Waals surface area contributed by atoms with Crippen LogP contribution >= 0.6 is 11.6 Å². The fraction of sp³-hybridized carbons (Fsp3) is 0.250. The van der Waals surface area contributed by atoms with Gasteiger partial charge in [-0.15, -0.1) is 0 Å². The van der Waals surface area contributed by atoms with Crippen LogP contribution < -0.4 is 10.3 Å². The number of alkyl halides is 3. The van der Waals surface area contributed by atoms with E-state index < -0.39 is 30.0 Å². The van der Waals surface area contributed by atoms with Crippen molar-refractivity contribution in [2.75, 3.05) is 16.9 Å². The Hall–Kier alpha value is -3.07. The van der Waals surface area contributed by atoms with Crippen molar-refractivity contribution in [3.8, 4) is 0 Å². The second-order valence-corrected chi connectivity index (χ2v) is 6.82. The van der Waals surface area contributed by atoms with Gasteiger partial charge in [0.15, 0.2) is 6.04 Å². The summed E-state index contributed by atoms with van der Waals surface area (Å²) in [7, 11) is 0. The van der Waals surface area contributed by atoms with E-state index >= 15 is 0 Å². The summed E-state index contributed by atoms with van der Waals surface area (Å²) < 4.78 is 45.6. The highest BCUT2D eigenvalue weighted by Crippen LogP contribution is 2.37. The number of hydrogen-bond acceptors (Lipinski definition) is 5. The molecule has 6 nitrogen and oxygen atoms in total. The van der Waals surface area contributed by atoms with E-state index in [1.54, 1.807) is 24.3 Å². The third-order valence-corrected chi connectivity index (χ3v) is 4.60. The monoisotopic (exact) mass is 439 g/mol. The number of esters is 1. The first-order valence-corrected chi connectivity index (χ1v) is 9.32. The van der Waals surface area contributed by atoms with Crippen LogP contribution in [0.3, 0.4) is 0 Å². The summed E-state index contributed by atoms with van der Waals surface area (Å²) in [5.41, 5.74) is 0.874. The van der Waals surface area contributed by atoms with Gasteiger partial charge < -0.3 is 10.1 Å². The Morgan fingerprint density at radius 3 is 2.33 bits per heavy atom. The molecule has 0 bridgehead atoms. The van der Waals surface area contributed by atoms with E-state index in [1.165, 1.54) is 31.2 Å². The maximum atomic E-state index is 13.6. The van der Waals surface area contributed by atoms with Crippen LogP contribution in [0.5, 0.6) is 0 Å². The molecule has 10 heteroatoms. The molecule has 1 aliphatic heterocycles. The van der Waals surface area contributed by atoms with Crippen molar-refractivity contribution in [1.29, 1.82) is 0 Å². The lowest BCUT2D eigenvalue weighted by Crippen LogP contribution is -2.47. The smallest absolute Gasteiger partial charge is 0.412 e. The molecule has 0 aromatic heterocycles. The number of nitrogens with one attached hydrogen (secondary N) is 1. The molecule has 0 saturated heterocycles. The SMILES string of the molecule is CCOC(=O)C1C=NN(c2ccc(NC(=O)c3ccc(Cl)cc3)cc2)C1C(F)(F)F. The standard InChI is InChI=1S/C20H17ClF3N3O3/c1-2-30-19(29)16-11-25-27(17(16)20(22,23)24)15-9-7-14(8-10-15)26-18(28)12-3-5-13(21)6-4-12/h3-11,16-17H,2H2,1H3,(H,26,28). The van der Waals surface area contributed by atoms with Crippen LogP contribution in [0.15, 0.2) is 53.6 Å². The fourth-order valence-corrected chi connectivity index (χ4v) is 3.07. The molecular formula is C20H17ClF3N3O3. The van der Waals surface area contributed by atoms with E-state index in [-0.39, 0.29) is 12.3 Å². The zero-order valence-electron chi connectivity index (χ0n) is 15.7. The van der Waals surface area contributed by atoms with Crippen LogP contribution in [-0.4, -0.2) is 36.9 Å². The van der Waals surface area contributed by atoms with Crippen LogP contribution in [-0.2, 0) is 9.53 Å². The van der Waals surface area contributed by atoms with Crippen LogP contribution in [0.25, 0.3) is 0 Å². The average molecular weight is 440 g/mol. The molecule has 1 N–H and O–H groups in total. The first kappa shape index (κ1) is 21.6. The number of halogens is 4. The normalized spacial score (nSPS) is 18.4. The van der Waals surface area contributed by atoms with E-state index in [2.05, 4.69) is 10.4 Å². The van der Waals surface area contributed by atoms with Gasteiger partial charge in [0, 0.05) is 22.5 Å². The summed E-state index contributed by atoms with van der Waals surface area (Å²) >= 11 is 5.79. The molecule has 1 amide bonds. The number of carbonyl (C=O) groups excluding carboxylic acids is 2. The van der Waals surface area contributed by atoms with Crippen molar-refractivity contribution in [3.05, 3.63) is 59.1 Å². The number of anilines is 2. The lowest BCUT2D eigenvalue weighted by Gasteiger charge is -2.28. The van der Waals surface area contributed by atoms with Crippen molar-refractivity contribution >= 4 is 41.1 Å². The second-order valence-electron chi connectivity index (χ2n) is 6.38. The lowest BCUT2D eigenvalue weighted by atomic mass is 10.0. The maximum Gasteiger partial charge on any atom is 0.412 e. The number of amides is 1. The van der Waals surface area contributed by atoms with E-state index in [1.807, 2.05) is 0 Å². The first-order chi connectivity index (χ1) is 14.2. The summed E-state index contributed by atoms with van der Waals surface area (Å²) in [6.07, 6.45) is -3.78. The molecular weight excluding hydrogens is 423 g/mol. The Bertz CT molecular complexity index is 947. The van der Waals surface area contributed by atoms with Gasteiger partial charge in [-0.1, -0.05) is 11.6 Å². The Labute approximate surface area is 175 Å². The minimum Gasteiger partial charge on any atom is -0.465 e. The van der Waals surface area contributed by atoms with E-state index in [0.717, 1.165) is 11.2 Å². The Morgan fingerprint density at radius 2 is 1.77 bits per heavy atom. The van der Waals surface area contributed by atoms with Gasteiger partial charge in [-0.25, -0.2) is 0 Å². The molecule has 1 heterocycles. The summed E-state index contributed by atoms with van der Waals surface area (Å²) in [5.74, 6) is -2.94. The van der Waals surface area contributed by atoms with Gasteiger partial charge in [0.25, 0.3) is 5.91 Å². The molecule has 0 saturated carbocycles. The minimum atomic E-state index is -4.71. The highest BCUT2D eigenvalue weighted by Gasteiger charge is 2.54. The van der Waals surface area contributed by atoms with Crippen molar-refractivity contribution in [2.45, 2.75) is 19.1 Å². The number of nitrogens with zero attached hydrogens (tertiary/aromatic N) is 2. The lowest BCUT2D eigenvalue weighted by molar-refractivity contribution is -0.169. The molecule has 0 fully saturated rings. The van der Waals surface area contributed by atoms with Gasteiger partial charge >= 0.3 is 12.1 Å². The highest BCUT2D eigenvalue weighted by molar-refractivity contribution is 6.30. The molecule has 0 spiro atoms. The maximum absolute atomic E-state index is 13.6. The highest BCUT2D eigenvalue weighted by atomic mass is 35.5. The summed E-state index contributed by atoms with van der Waals surface area (Å²) in [4.78, 5) is 24.2. The second kappa shape index (κ2) is 8.74. The van der Waals surface area contributed by atoms with Crippen molar-refractivity contribution in [3.63, 3.8) is 0 Å².